The molecule has 0 amide bonds. The van der Waals surface area contributed by atoms with Gasteiger partial charge in [0.25, 0.3) is 0 Å². The zero-order chi connectivity index (χ0) is 10.1. The van der Waals surface area contributed by atoms with Crippen molar-refractivity contribution in [1.82, 2.24) is 0 Å². The van der Waals surface area contributed by atoms with Crippen molar-refractivity contribution in [3.63, 3.8) is 0 Å². The number of hydrogen-bond acceptors (Lipinski definition) is 2. The predicted octanol–water partition coefficient (Wildman–Crippen LogP) is 0.758. The van der Waals surface area contributed by atoms with Gasteiger partial charge in [0.15, 0.2) is 0 Å². The molecule has 0 fully saturated rings. The van der Waals surface area contributed by atoms with Crippen molar-refractivity contribution in [2.45, 2.75) is 13.3 Å². The average molecular weight is 202 g/mol. The summed E-state index contributed by atoms with van der Waals surface area (Å²) in [4.78, 5) is 17.7. The Hall–Kier alpha value is -0.830. The molecule has 13 heavy (non-hydrogen) atoms. The van der Waals surface area contributed by atoms with Gasteiger partial charge in [-0.05, 0) is 24.1 Å². The number of aromatic hydroxyl groups is 1. The van der Waals surface area contributed by atoms with Gasteiger partial charge in [-0.2, -0.15) is 0 Å². The fraction of sp³-hybridized carbons (Fsp3) is 0.250. The molecule has 0 atom stereocenters. The van der Waals surface area contributed by atoms with E-state index in [0.717, 1.165) is 5.56 Å². The van der Waals surface area contributed by atoms with Gasteiger partial charge in [0, 0.05) is 0 Å². The van der Waals surface area contributed by atoms with Crippen molar-refractivity contribution in [3.8, 4) is 5.75 Å². The number of hydrogen-bond donors (Lipinski definition) is 3. The van der Waals surface area contributed by atoms with Crippen molar-refractivity contribution >= 4 is 12.9 Å². The highest BCUT2D eigenvalue weighted by atomic mass is 31.2. The normalized spacial score (nSPS) is 11.6. The van der Waals surface area contributed by atoms with E-state index < -0.39 is 7.60 Å². The van der Waals surface area contributed by atoms with Gasteiger partial charge in [-0.15, -0.1) is 0 Å². The second-order valence-electron chi connectivity index (χ2n) is 2.72. The fourth-order valence-corrected chi connectivity index (χ4v) is 1.73. The Morgan fingerprint density at radius 3 is 2.46 bits per heavy atom. The Balaban J connectivity index is 3.27. The largest absolute Gasteiger partial charge is 0.507 e. The summed E-state index contributed by atoms with van der Waals surface area (Å²) in [5.41, 5.74) is 0.788. The van der Waals surface area contributed by atoms with Crippen molar-refractivity contribution in [1.29, 1.82) is 0 Å². The molecular weight excluding hydrogens is 191 g/mol. The Kier molecular flexibility index (Phi) is 2.76. The van der Waals surface area contributed by atoms with Gasteiger partial charge in [0.2, 0.25) is 0 Å². The van der Waals surface area contributed by atoms with Crippen LogP contribution in [0.15, 0.2) is 18.2 Å². The molecule has 3 N–H and O–H groups in total. The first-order chi connectivity index (χ1) is 5.95. The number of phenols is 1. The first-order valence-electron chi connectivity index (χ1n) is 3.83. The van der Waals surface area contributed by atoms with Crippen LogP contribution in [0, 0.1) is 0 Å². The van der Waals surface area contributed by atoms with Crippen LogP contribution in [-0.4, -0.2) is 14.9 Å². The van der Waals surface area contributed by atoms with E-state index in [-0.39, 0.29) is 11.1 Å². The molecule has 5 heteroatoms. The molecule has 0 saturated carbocycles. The van der Waals surface area contributed by atoms with Crippen LogP contribution in [0.3, 0.4) is 0 Å². The maximum absolute atomic E-state index is 10.9. The number of aryl methyl sites for hydroxylation is 1. The SMILES string of the molecule is CCc1ccc(O)c(P(=O)(O)O)c1. The molecule has 72 valence electrons. The monoisotopic (exact) mass is 202 g/mol. The molecule has 0 aliphatic heterocycles. The van der Waals surface area contributed by atoms with Gasteiger partial charge in [-0.1, -0.05) is 13.0 Å². The van der Waals surface area contributed by atoms with E-state index in [9.17, 15) is 9.67 Å². The smallest absolute Gasteiger partial charge is 0.359 e. The number of phenolic OH excluding ortho intramolecular Hbond substituents is 1. The molecular formula is C8H11O4P. The molecule has 0 saturated heterocycles. The average Bonchev–Trinajstić information content (AvgIpc) is 2.03. The van der Waals surface area contributed by atoms with E-state index in [1.54, 1.807) is 6.07 Å². The maximum Gasteiger partial charge on any atom is 0.359 e. The highest BCUT2D eigenvalue weighted by Gasteiger charge is 2.21. The molecule has 1 aromatic carbocycles. The molecule has 0 aliphatic carbocycles. The summed E-state index contributed by atoms with van der Waals surface area (Å²) in [6.07, 6.45) is 0.674. The minimum absolute atomic E-state index is 0.299. The van der Waals surface area contributed by atoms with E-state index in [1.807, 2.05) is 6.92 Å². The Morgan fingerprint density at radius 2 is 2.00 bits per heavy atom. The molecule has 4 nitrogen and oxygen atoms in total. The summed E-state index contributed by atoms with van der Waals surface area (Å²) in [6, 6.07) is 4.26. The number of rotatable bonds is 2. The van der Waals surface area contributed by atoms with Crippen LogP contribution < -0.4 is 5.30 Å². The first-order valence-corrected chi connectivity index (χ1v) is 5.44. The van der Waals surface area contributed by atoms with Gasteiger partial charge in [-0.3, -0.25) is 4.57 Å². The standard InChI is InChI=1S/C8H11O4P/c1-2-6-3-4-7(9)8(5-6)13(10,11)12/h3-5,9H,2H2,1H3,(H2,10,11,12). The summed E-state index contributed by atoms with van der Waals surface area (Å²) in [6.45, 7) is 1.87. The molecule has 1 aromatic rings. The summed E-state index contributed by atoms with van der Waals surface area (Å²) in [5, 5.41) is 8.87. The third kappa shape index (κ3) is 2.31. The summed E-state index contributed by atoms with van der Waals surface area (Å²) >= 11 is 0. The maximum atomic E-state index is 10.9. The van der Waals surface area contributed by atoms with Crippen molar-refractivity contribution in [2.75, 3.05) is 0 Å². The van der Waals surface area contributed by atoms with Gasteiger partial charge < -0.3 is 14.9 Å². The third-order valence-electron chi connectivity index (χ3n) is 1.76. The Labute approximate surface area is 76.0 Å². The molecule has 0 spiro atoms. The zero-order valence-corrected chi connectivity index (χ0v) is 8.03. The molecule has 0 radical (unpaired) electrons. The lowest BCUT2D eigenvalue weighted by Crippen LogP contribution is -2.05. The van der Waals surface area contributed by atoms with Crippen molar-refractivity contribution in [3.05, 3.63) is 23.8 Å². The molecule has 0 aliphatic rings. The van der Waals surface area contributed by atoms with Crippen LogP contribution in [-0.2, 0) is 11.0 Å². The highest BCUT2D eigenvalue weighted by molar-refractivity contribution is 7.60. The summed E-state index contributed by atoms with van der Waals surface area (Å²) in [7, 11) is -4.35. The van der Waals surface area contributed by atoms with Crippen LogP contribution >= 0.6 is 7.60 Å². The lowest BCUT2D eigenvalue weighted by molar-refractivity contribution is 0.384. The fourth-order valence-electron chi connectivity index (χ4n) is 1.02. The minimum Gasteiger partial charge on any atom is -0.507 e. The van der Waals surface area contributed by atoms with E-state index in [1.165, 1.54) is 12.1 Å². The lowest BCUT2D eigenvalue weighted by Gasteiger charge is -2.07. The van der Waals surface area contributed by atoms with Crippen molar-refractivity contribution < 1.29 is 19.5 Å². The summed E-state index contributed by atoms with van der Waals surface area (Å²) < 4.78 is 10.9. The molecule has 0 bridgehead atoms. The van der Waals surface area contributed by atoms with Gasteiger partial charge >= 0.3 is 7.60 Å². The van der Waals surface area contributed by atoms with Crippen LogP contribution in [0.4, 0.5) is 0 Å². The second kappa shape index (κ2) is 3.50. The summed E-state index contributed by atoms with van der Waals surface area (Å²) in [5.74, 6) is -0.356. The lowest BCUT2D eigenvalue weighted by atomic mass is 10.2. The van der Waals surface area contributed by atoms with Crippen LogP contribution in [0.1, 0.15) is 12.5 Å². The quantitative estimate of drug-likeness (QED) is 0.618. The van der Waals surface area contributed by atoms with Gasteiger partial charge in [0.1, 0.15) is 11.1 Å². The predicted molar refractivity (Wildman–Crippen MR) is 49.2 cm³/mol. The van der Waals surface area contributed by atoms with E-state index in [0.29, 0.717) is 6.42 Å². The minimum atomic E-state index is -4.35. The zero-order valence-electron chi connectivity index (χ0n) is 7.14. The second-order valence-corrected chi connectivity index (χ2v) is 4.29. The highest BCUT2D eigenvalue weighted by Crippen LogP contribution is 2.37. The molecule has 0 aromatic heterocycles. The van der Waals surface area contributed by atoms with Gasteiger partial charge in [0.05, 0.1) is 0 Å². The molecule has 1 rings (SSSR count). The van der Waals surface area contributed by atoms with Crippen LogP contribution in [0.2, 0.25) is 0 Å². The topological polar surface area (TPSA) is 77.8 Å². The van der Waals surface area contributed by atoms with Crippen LogP contribution in [0.25, 0.3) is 0 Å². The molecule has 0 unspecified atom stereocenters. The van der Waals surface area contributed by atoms with Crippen LogP contribution in [0.5, 0.6) is 5.75 Å². The van der Waals surface area contributed by atoms with Gasteiger partial charge in [-0.25, -0.2) is 0 Å². The van der Waals surface area contributed by atoms with E-state index in [4.69, 9.17) is 9.79 Å². The number of benzene rings is 1. The Morgan fingerprint density at radius 1 is 1.38 bits per heavy atom. The Bertz CT molecular complexity index is 355. The van der Waals surface area contributed by atoms with E-state index in [2.05, 4.69) is 0 Å². The third-order valence-corrected chi connectivity index (χ3v) is 2.75. The van der Waals surface area contributed by atoms with Crippen molar-refractivity contribution in [2.24, 2.45) is 0 Å². The van der Waals surface area contributed by atoms with E-state index >= 15 is 0 Å². The molecule has 0 heterocycles. The first kappa shape index (κ1) is 10.3.